The molecule has 0 fully saturated rings. The Labute approximate surface area is 215 Å². The van der Waals surface area contributed by atoms with Crippen LogP contribution in [-0.4, -0.2) is 46.4 Å². The van der Waals surface area contributed by atoms with Gasteiger partial charge < -0.3 is 15.3 Å². The first-order chi connectivity index (χ1) is 16.2. The number of phenols is 1. The lowest BCUT2D eigenvalue weighted by molar-refractivity contribution is 0.101. The number of benzene rings is 2. The molecule has 4 rings (SSSR count). The van der Waals surface area contributed by atoms with Crippen molar-refractivity contribution in [2.45, 2.75) is 20.8 Å². The predicted molar refractivity (Wildman–Crippen MR) is 145 cm³/mol. The predicted octanol–water partition coefficient (Wildman–Crippen LogP) is 7.00. The minimum Gasteiger partial charge on any atom is -0.505 e. The van der Waals surface area contributed by atoms with Crippen molar-refractivity contribution in [1.82, 2.24) is 14.9 Å². The standard InChI is InChI=1S/C26H24Cl2N4O2.CH4/c1-15(33)19-14-29-23-9-8-22(17-12-20(27)26(34)21(28)13-17)31-25(23)24(19)30-18-6-4-16(5-7-18)10-11-32(2)3;/h4-9,12-14,34H,10-11H2,1-3H3,(H,29,30);1H4. The Bertz CT molecular complexity index is 1350. The number of aromatic hydroxyl groups is 1. The molecule has 0 radical (unpaired) electrons. The lowest BCUT2D eigenvalue weighted by atomic mass is 10.1. The van der Waals surface area contributed by atoms with Crippen LogP contribution in [0.5, 0.6) is 5.75 Å². The Morgan fingerprint density at radius 2 is 1.71 bits per heavy atom. The number of anilines is 2. The normalized spacial score (nSPS) is 10.9. The SMILES string of the molecule is C.CC(=O)c1cnc2ccc(-c3cc(Cl)c(O)c(Cl)c3)nc2c1Nc1ccc(CCN(C)C)cc1. The number of aromatic nitrogens is 2. The zero-order chi connectivity index (χ0) is 24.4. The number of likely N-dealkylation sites (N-methyl/N-ethyl adjacent to an activating group) is 1. The highest BCUT2D eigenvalue weighted by atomic mass is 35.5. The van der Waals surface area contributed by atoms with Crippen molar-refractivity contribution >= 4 is 51.4 Å². The number of phenolic OH excluding ortho intramolecular Hbond substituents is 1. The molecule has 0 saturated carbocycles. The van der Waals surface area contributed by atoms with Crippen molar-refractivity contribution in [3.63, 3.8) is 0 Å². The fourth-order valence-electron chi connectivity index (χ4n) is 3.59. The number of hydrogen-bond donors (Lipinski definition) is 2. The molecule has 0 bridgehead atoms. The number of ketones is 1. The maximum Gasteiger partial charge on any atom is 0.163 e. The van der Waals surface area contributed by atoms with Gasteiger partial charge in [-0.15, -0.1) is 0 Å². The highest BCUT2D eigenvalue weighted by Gasteiger charge is 2.16. The minimum absolute atomic E-state index is 0. The third-order valence-corrected chi connectivity index (χ3v) is 6.05. The summed E-state index contributed by atoms with van der Waals surface area (Å²) in [4.78, 5) is 23.8. The van der Waals surface area contributed by atoms with Crippen LogP contribution >= 0.6 is 23.2 Å². The molecule has 0 aliphatic carbocycles. The Hall–Kier alpha value is -3.19. The molecule has 0 amide bonds. The van der Waals surface area contributed by atoms with Crippen LogP contribution in [0.4, 0.5) is 11.4 Å². The molecule has 0 aliphatic rings. The summed E-state index contributed by atoms with van der Waals surface area (Å²) in [6, 6.07) is 14.9. The van der Waals surface area contributed by atoms with Gasteiger partial charge >= 0.3 is 0 Å². The maximum absolute atomic E-state index is 12.4. The van der Waals surface area contributed by atoms with E-state index in [4.69, 9.17) is 28.2 Å². The first-order valence-electron chi connectivity index (χ1n) is 10.7. The second kappa shape index (κ2) is 11.0. The van der Waals surface area contributed by atoms with Gasteiger partial charge in [0.05, 0.1) is 32.5 Å². The summed E-state index contributed by atoms with van der Waals surface area (Å²) in [7, 11) is 4.10. The number of pyridine rings is 2. The van der Waals surface area contributed by atoms with Crippen LogP contribution < -0.4 is 5.32 Å². The van der Waals surface area contributed by atoms with Crippen molar-refractivity contribution in [3.05, 3.63) is 75.9 Å². The summed E-state index contributed by atoms with van der Waals surface area (Å²) in [6.07, 6.45) is 2.51. The third kappa shape index (κ3) is 5.90. The van der Waals surface area contributed by atoms with Gasteiger partial charge in [0.1, 0.15) is 5.52 Å². The molecule has 0 saturated heterocycles. The van der Waals surface area contributed by atoms with Gasteiger partial charge in [-0.25, -0.2) is 4.98 Å². The van der Waals surface area contributed by atoms with Crippen molar-refractivity contribution in [3.8, 4) is 17.0 Å². The van der Waals surface area contributed by atoms with E-state index in [0.717, 1.165) is 18.7 Å². The number of halogens is 2. The number of hydrogen-bond acceptors (Lipinski definition) is 6. The van der Waals surface area contributed by atoms with Gasteiger partial charge in [-0.3, -0.25) is 9.78 Å². The van der Waals surface area contributed by atoms with E-state index in [-0.39, 0.29) is 29.0 Å². The first-order valence-corrected chi connectivity index (χ1v) is 11.5. The average molecular weight is 511 g/mol. The Morgan fingerprint density at radius 1 is 1.06 bits per heavy atom. The molecule has 2 N–H and O–H groups in total. The minimum atomic E-state index is -0.176. The number of fused-ring (bicyclic) bond motifs is 1. The van der Waals surface area contributed by atoms with E-state index in [1.165, 1.54) is 12.5 Å². The number of carbonyl (C=O) groups is 1. The van der Waals surface area contributed by atoms with Crippen LogP contribution in [-0.2, 0) is 6.42 Å². The van der Waals surface area contributed by atoms with E-state index in [2.05, 4.69) is 41.4 Å². The molecular weight excluding hydrogens is 483 g/mol. The molecule has 8 heteroatoms. The summed E-state index contributed by atoms with van der Waals surface area (Å²) in [5, 5.41) is 13.5. The summed E-state index contributed by atoms with van der Waals surface area (Å²) in [6.45, 7) is 2.47. The van der Waals surface area contributed by atoms with Gasteiger partial charge in [-0.05, 0) is 69.4 Å². The second-order valence-corrected chi connectivity index (χ2v) is 9.15. The number of rotatable bonds is 7. The van der Waals surface area contributed by atoms with E-state index < -0.39 is 0 Å². The quantitative estimate of drug-likeness (QED) is 0.260. The van der Waals surface area contributed by atoms with Crippen molar-refractivity contribution < 1.29 is 9.90 Å². The van der Waals surface area contributed by atoms with Gasteiger partial charge in [0.2, 0.25) is 0 Å². The maximum atomic E-state index is 12.4. The van der Waals surface area contributed by atoms with Crippen molar-refractivity contribution in [2.24, 2.45) is 0 Å². The van der Waals surface area contributed by atoms with Crippen LogP contribution in [0.1, 0.15) is 30.3 Å². The van der Waals surface area contributed by atoms with Gasteiger partial charge in [0.25, 0.3) is 0 Å². The Balaban J connectivity index is 0.00000342. The van der Waals surface area contributed by atoms with Gasteiger partial charge in [0.15, 0.2) is 11.5 Å². The van der Waals surface area contributed by atoms with E-state index in [1.807, 2.05) is 18.2 Å². The zero-order valence-corrected chi connectivity index (χ0v) is 20.6. The first kappa shape index (κ1) is 26.4. The molecule has 2 heterocycles. The highest BCUT2D eigenvalue weighted by molar-refractivity contribution is 6.37. The molecular formula is C27H28Cl2N4O2. The Morgan fingerprint density at radius 3 is 2.31 bits per heavy atom. The van der Waals surface area contributed by atoms with Gasteiger partial charge in [0, 0.05) is 24.0 Å². The molecule has 0 atom stereocenters. The van der Waals surface area contributed by atoms with Gasteiger partial charge in [-0.2, -0.15) is 0 Å². The number of nitrogens with zero attached hydrogens (tertiary/aromatic N) is 3. The Kier molecular flexibility index (Phi) is 8.33. The van der Waals surface area contributed by atoms with Gasteiger partial charge in [-0.1, -0.05) is 42.8 Å². The van der Waals surface area contributed by atoms with E-state index in [1.54, 1.807) is 24.4 Å². The molecule has 0 aliphatic heterocycles. The van der Waals surface area contributed by atoms with Crippen molar-refractivity contribution in [2.75, 3.05) is 26.0 Å². The number of Topliss-reactive ketones (excluding diaryl/α,β-unsaturated/α-hetero) is 1. The topological polar surface area (TPSA) is 78.3 Å². The lowest BCUT2D eigenvalue weighted by Crippen LogP contribution is -2.14. The number of carbonyl (C=O) groups excluding carboxylic acids is 1. The molecule has 6 nitrogen and oxygen atoms in total. The third-order valence-electron chi connectivity index (χ3n) is 5.48. The second-order valence-electron chi connectivity index (χ2n) is 8.33. The van der Waals surface area contributed by atoms with Crippen LogP contribution in [0, 0.1) is 0 Å². The van der Waals surface area contributed by atoms with Crippen LogP contribution in [0.25, 0.3) is 22.3 Å². The molecule has 182 valence electrons. The van der Waals surface area contributed by atoms with Crippen LogP contribution in [0.3, 0.4) is 0 Å². The van der Waals surface area contributed by atoms with E-state index in [9.17, 15) is 9.90 Å². The summed E-state index contributed by atoms with van der Waals surface area (Å²) in [5.41, 5.74) is 5.49. The lowest BCUT2D eigenvalue weighted by Gasteiger charge is -2.15. The van der Waals surface area contributed by atoms with Crippen LogP contribution in [0.2, 0.25) is 10.0 Å². The summed E-state index contributed by atoms with van der Waals surface area (Å²) in [5.74, 6) is -0.299. The fraction of sp³-hybridized carbons (Fsp3) is 0.222. The molecule has 0 spiro atoms. The monoisotopic (exact) mass is 510 g/mol. The summed E-state index contributed by atoms with van der Waals surface area (Å²) < 4.78 is 0. The highest BCUT2D eigenvalue weighted by Crippen LogP contribution is 2.37. The van der Waals surface area contributed by atoms with Crippen molar-refractivity contribution in [1.29, 1.82) is 0 Å². The smallest absolute Gasteiger partial charge is 0.163 e. The van der Waals surface area contributed by atoms with Crippen LogP contribution in [0.15, 0.2) is 54.7 Å². The average Bonchev–Trinajstić information content (AvgIpc) is 2.81. The number of nitrogens with one attached hydrogen (secondary N) is 1. The zero-order valence-electron chi connectivity index (χ0n) is 19.1. The molecule has 35 heavy (non-hydrogen) atoms. The van der Waals surface area contributed by atoms with E-state index >= 15 is 0 Å². The molecule has 2 aromatic heterocycles. The molecule has 2 aromatic carbocycles. The molecule has 4 aromatic rings. The summed E-state index contributed by atoms with van der Waals surface area (Å²) >= 11 is 12.2. The largest absolute Gasteiger partial charge is 0.505 e. The fourth-order valence-corrected chi connectivity index (χ4v) is 4.07. The van der Waals surface area contributed by atoms with E-state index in [0.29, 0.717) is 33.5 Å². The molecule has 0 unspecified atom stereocenters.